The number of aromatic nitrogens is 4. The van der Waals surface area contributed by atoms with Gasteiger partial charge in [0.15, 0.2) is 0 Å². The van der Waals surface area contributed by atoms with E-state index in [1.165, 1.54) is 293 Å². The smallest absolute Gasteiger partial charge is 0.0491 e. The van der Waals surface area contributed by atoms with Gasteiger partial charge in [0, 0.05) is 113 Å². The zero-order valence-corrected chi connectivity index (χ0v) is 75.5. The van der Waals surface area contributed by atoms with E-state index in [4.69, 9.17) is 0 Å². The predicted octanol–water partition coefficient (Wildman–Crippen LogP) is 36.3. The highest BCUT2D eigenvalue weighted by molar-refractivity contribution is 6.24. The Morgan fingerprint density at radius 1 is 0.129 bits per heavy atom. The van der Waals surface area contributed by atoms with E-state index in [-0.39, 0.29) is 0 Å². The molecule has 0 fully saturated rings. The SMILES string of the molecule is CCCCn1c2ccccc2c2cc(-c3ccc(-c4c5ccccc5c(-c5ccc(-c6ccc7c(c6)c6ccccc6n7CCCC)cc5)c5ccccc45)cc3)ccc21.CCCCn1c2ccccc2c2cc(-c3ccc(-c4ccc(-c5c6ccccc6c(-c6ccc(-c7ccc(-c8ccc9c(c8)c8ccccc8n9CCCC)cc7)cc6)c6ccccc56)cc4)cc3)ccc21. The second-order valence-electron chi connectivity index (χ2n) is 36.2. The van der Waals surface area contributed by atoms with Crippen LogP contribution in [0.1, 0.15) is 79.1 Å². The molecule has 24 aromatic rings. The summed E-state index contributed by atoms with van der Waals surface area (Å²) in [5.41, 5.74) is 35.4. The van der Waals surface area contributed by atoms with Gasteiger partial charge in [-0.25, -0.2) is 0 Å². The summed E-state index contributed by atoms with van der Waals surface area (Å²) in [6.45, 7) is 13.3. The van der Waals surface area contributed by atoms with Crippen LogP contribution in [-0.2, 0) is 26.2 Å². The molecule has 0 aliphatic heterocycles. The summed E-state index contributed by atoms with van der Waals surface area (Å²) in [5.74, 6) is 0. The lowest BCUT2D eigenvalue weighted by Crippen LogP contribution is -1.96. The Morgan fingerprint density at radius 3 is 0.439 bits per heavy atom. The number of unbranched alkanes of at least 4 members (excludes halogenated alkanes) is 4. The van der Waals surface area contributed by atoms with Gasteiger partial charge in [0.05, 0.1) is 0 Å². The van der Waals surface area contributed by atoms with Crippen molar-refractivity contribution >= 4 is 130 Å². The minimum absolute atomic E-state index is 1.05. The number of hydrogen-bond acceptors (Lipinski definition) is 0. The van der Waals surface area contributed by atoms with Crippen molar-refractivity contribution in [2.24, 2.45) is 0 Å². The molecule has 4 aromatic heterocycles. The monoisotopic (exact) mass is 1700 g/mol. The summed E-state index contributed by atoms with van der Waals surface area (Å²) in [7, 11) is 0. The lowest BCUT2D eigenvalue weighted by Gasteiger charge is -2.18. The van der Waals surface area contributed by atoms with Crippen LogP contribution in [0.2, 0.25) is 0 Å². The maximum Gasteiger partial charge on any atom is 0.0491 e. The molecule has 0 amide bonds. The molecule has 132 heavy (non-hydrogen) atoms. The van der Waals surface area contributed by atoms with Crippen LogP contribution in [0.5, 0.6) is 0 Å². The first-order chi connectivity index (χ1) is 65.3. The van der Waals surface area contributed by atoms with Crippen LogP contribution in [0.15, 0.2) is 413 Å². The van der Waals surface area contributed by atoms with E-state index in [1.54, 1.807) is 0 Å². The van der Waals surface area contributed by atoms with Crippen molar-refractivity contribution in [3.63, 3.8) is 0 Å². The molecule has 0 aliphatic rings. The summed E-state index contributed by atoms with van der Waals surface area (Å²) >= 11 is 0. The number of hydrogen-bond donors (Lipinski definition) is 0. The summed E-state index contributed by atoms with van der Waals surface area (Å²) < 4.78 is 10.0. The lowest BCUT2D eigenvalue weighted by atomic mass is 9.85. The van der Waals surface area contributed by atoms with Crippen molar-refractivity contribution in [1.29, 1.82) is 0 Å². The van der Waals surface area contributed by atoms with Crippen LogP contribution in [0.25, 0.3) is 242 Å². The zero-order chi connectivity index (χ0) is 88.3. The quantitative estimate of drug-likeness (QED) is 0.0603. The first-order valence-electron chi connectivity index (χ1n) is 47.9. The van der Waals surface area contributed by atoms with Gasteiger partial charge in [-0.15, -0.1) is 0 Å². The van der Waals surface area contributed by atoms with Crippen molar-refractivity contribution < 1.29 is 0 Å². The molecule has 4 heterocycles. The van der Waals surface area contributed by atoms with E-state index in [0.717, 1.165) is 26.2 Å². The Hall–Kier alpha value is -15.4. The van der Waals surface area contributed by atoms with Crippen LogP contribution in [0, 0.1) is 0 Å². The maximum absolute atomic E-state index is 2.50. The maximum atomic E-state index is 2.50. The number of rotatable bonds is 22. The minimum atomic E-state index is 1.05. The number of para-hydroxylation sites is 4. The number of nitrogens with zero attached hydrogens (tertiary/aromatic N) is 4. The van der Waals surface area contributed by atoms with E-state index in [1.807, 2.05) is 0 Å². The van der Waals surface area contributed by atoms with Crippen molar-refractivity contribution in [2.45, 2.75) is 105 Å². The minimum Gasteiger partial charge on any atom is -0.340 e. The Labute approximate surface area is 772 Å². The molecule has 4 nitrogen and oxygen atoms in total. The fraction of sp³-hybridized carbons (Fsp3) is 0.125. The average molecular weight is 1700 g/mol. The van der Waals surface area contributed by atoms with Gasteiger partial charge in [-0.05, 0) is 253 Å². The van der Waals surface area contributed by atoms with Gasteiger partial charge in [-0.1, -0.05) is 393 Å². The van der Waals surface area contributed by atoms with E-state index < -0.39 is 0 Å². The Balaban J connectivity index is 0.000000152. The molecule has 0 bridgehead atoms. The molecule has 0 unspecified atom stereocenters. The number of aryl methyl sites for hydroxylation is 4. The van der Waals surface area contributed by atoms with Gasteiger partial charge in [0.25, 0.3) is 0 Å². The highest BCUT2D eigenvalue weighted by Crippen LogP contribution is 2.49. The molecule has 0 radical (unpaired) electrons. The van der Waals surface area contributed by atoms with Crippen molar-refractivity contribution in [3.05, 3.63) is 413 Å². The first-order valence-corrected chi connectivity index (χ1v) is 47.9. The van der Waals surface area contributed by atoms with Crippen LogP contribution in [-0.4, -0.2) is 18.3 Å². The molecular weight excluding hydrogens is 1590 g/mol. The van der Waals surface area contributed by atoms with Gasteiger partial charge < -0.3 is 18.3 Å². The molecule has 0 N–H and O–H groups in total. The molecule has 0 atom stereocenters. The Kier molecular flexibility index (Phi) is 21.5. The van der Waals surface area contributed by atoms with Crippen molar-refractivity contribution in [3.8, 4) is 111 Å². The summed E-state index contributed by atoms with van der Waals surface area (Å²) in [5, 5.41) is 20.8. The van der Waals surface area contributed by atoms with Gasteiger partial charge in [0.1, 0.15) is 0 Å². The number of fused-ring (bicyclic) bond motifs is 16. The molecule has 0 saturated heterocycles. The van der Waals surface area contributed by atoms with Gasteiger partial charge >= 0.3 is 0 Å². The lowest BCUT2D eigenvalue weighted by molar-refractivity contribution is 0.665. The third-order valence-corrected chi connectivity index (χ3v) is 28.4. The third kappa shape index (κ3) is 14.4. The van der Waals surface area contributed by atoms with Crippen LogP contribution < -0.4 is 0 Å². The molecule has 0 saturated carbocycles. The van der Waals surface area contributed by atoms with E-state index >= 15 is 0 Å². The second-order valence-corrected chi connectivity index (χ2v) is 36.2. The topological polar surface area (TPSA) is 19.7 Å². The molecule has 636 valence electrons. The highest BCUT2D eigenvalue weighted by atomic mass is 15.0. The van der Waals surface area contributed by atoms with E-state index in [9.17, 15) is 0 Å². The van der Waals surface area contributed by atoms with Crippen molar-refractivity contribution in [2.75, 3.05) is 0 Å². The molecule has 24 rings (SSSR count). The van der Waals surface area contributed by atoms with Gasteiger partial charge in [0.2, 0.25) is 0 Å². The molecule has 0 spiro atoms. The van der Waals surface area contributed by atoms with Crippen LogP contribution >= 0.6 is 0 Å². The fourth-order valence-corrected chi connectivity index (χ4v) is 21.7. The first kappa shape index (κ1) is 81.1. The standard InChI is InChI=1S/C70H56N2.C58H48N2/c1-3-5-43-71-65-21-13-11-15-57(65)63-45-55(39-41-67(63)71)51-27-23-47(24-28-51)49-31-35-53(36-32-49)69-59-17-7-9-19-61(59)70(62-20-10-8-18-60(62)69)54-37-33-50(34-38-54)48-25-29-52(30-26-48)56-40-42-68-64(46-56)58-16-12-14-22-66(58)72(68)44-6-4-2;1-3-5-35-59-53-21-13-11-15-45(53)51-37-43(31-33-55(51)59)39-23-27-41(28-24-39)57-47-17-7-9-19-49(47)58(50-20-10-8-18-48(50)57)42-29-25-40(26-30-42)44-32-34-56-52(38-44)46-16-12-14-22-54(46)60(56)36-6-4-2/h7-42,45-46H,3-6,43-44H2,1-2H3;7-34,37-38H,3-6,35-36H2,1-2H3. The predicted molar refractivity (Wildman–Crippen MR) is 569 cm³/mol. The van der Waals surface area contributed by atoms with Gasteiger partial charge in [-0.2, -0.15) is 0 Å². The summed E-state index contributed by atoms with van der Waals surface area (Å²) in [6, 6.07) is 154. The third-order valence-electron chi connectivity index (χ3n) is 28.4. The zero-order valence-electron chi connectivity index (χ0n) is 75.5. The highest BCUT2D eigenvalue weighted by Gasteiger charge is 2.23. The van der Waals surface area contributed by atoms with Crippen LogP contribution in [0.4, 0.5) is 0 Å². The van der Waals surface area contributed by atoms with Crippen molar-refractivity contribution in [1.82, 2.24) is 18.3 Å². The molecule has 20 aromatic carbocycles. The number of benzene rings is 20. The Bertz CT molecular complexity index is 7890. The summed E-state index contributed by atoms with van der Waals surface area (Å²) in [4.78, 5) is 0. The largest absolute Gasteiger partial charge is 0.340 e. The normalized spacial score (nSPS) is 11.8. The van der Waals surface area contributed by atoms with E-state index in [2.05, 4.69) is 458 Å². The van der Waals surface area contributed by atoms with Gasteiger partial charge in [-0.3, -0.25) is 0 Å². The molecule has 4 heteroatoms. The average Bonchev–Trinajstić information content (AvgIpc) is 1.21. The second kappa shape index (κ2) is 34.9. The Morgan fingerprint density at radius 2 is 0.265 bits per heavy atom. The fourth-order valence-electron chi connectivity index (χ4n) is 21.7. The summed E-state index contributed by atoms with van der Waals surface area (Å²) in [6.07, 6.45) is 9.45. The molecular formula is C128H104N4. The molecule has 0 aliphatic carbocycles. The van der Waals surface area contributed by atoms with E-state index in [0.29, 0.717) is 0 Å². The van der Waals surface area contributed by atoms with Crippen LogP contribution in [0.3, 0.4) is 0 Å².